The van der Waals surface area contributed by atoms with Gasteiger partial charge in [-0.05, 0) is 109 Å². The molecule has 2 saturated heterocycles. The number of carbonyl (C=O) groups excluding carboxylic acids is 2. The minimum atomic E-state index is -0.329. The number of fused-ring (bicyclic) bond motifs is 5. The molecule has 0 radical (unpaired) electrons. The van der Waals surface area contributed by atoms with Gasteiger partial charge in [0.25, 0.3) is 0 Å². The molecule has 224 valence electrons. The van der Waals surface area contributed by atoms with E-state index >= 15 is 0 Å². The summed E-state index contributed by atoms with van der Waals surface area (Å²) in [4.78, 5) is 29.7. The van der Waals surface area contributed by atoms with Gasteiger partial charge in [0.1, 0.15) is 6.10 Å². The normalized spacial score (nSPS) is 44.5. The van der Waals surface area contributed by atoms with Crippen LogP contribution in [-0.4, -0.2) is 72.6 Å². The fourth-order valence-corrected chi connectivity index (χ4v) is 8.57. The summed E-state index contributed by atoms with van der Waals surface area (Å²) in [5, 5.41) is 10.5. The number of aliphatic hydroxyl groups is 1. The molecule has 2 aliphatic heterocycles. The van der Waals surface area contributed by atoms with Crippen LogP contribution in [0.4, 0.5) is 0 Å². The first-order valence-electron chi connectivity index (χ1n) is 15.9. The van der Waals surface area contributed by atoms with E-state index < -0.39 is 0 Å². The molecule has 0 unspecified atom stereocenters. The molecule has 12 atom stereocenters. The first kappa shape index (κ1) is 29.9. The van der Waals surface area contributed by atoms with Crippen molar-refractivity contribution in [1.82, 2.24) is 4.90 Å². The summed E-state index contributed by atoms with van der Waals surface area (Å²) in [5.41, 5.74) is 2.07. The third-order valence-corrected chi connectivity index (χ3v) is 10.8. The van der Waals surface area contributed by atoms with Crippen molar-refractivity contribution in [2.45, 2.75) is 122 Å². The lowest BCUT2D eigenvalue weighted by Gasteiger charge is -2.40. The summed E-state index contributed by atoms with van der Waals surface area (Å²) in [6.07, 6.45) is 10.3. The average molecular weight is 558 g/mol. The Hall–Kier alpha value is -1.54. The van der Waals surface area contributed by atoms with Crippen molar-refractivity contribution in [3.8, 4) is 0 Å². The van der Waals surface area contributed by atoms with Crippen LogP contribution in [0.25, 0.3) is 0 Å². The molecule has 5 aliphatic rings. The number of hydrogen-bond donors (Lipinski definition) is 1. The second kappa shape index (κ2) is 12.4. The summed E-state index contributed by atoms with van der Waals surface area (Å²) < 4.78 is 18.9. The van der Waals surface area contributed by atoms with Gasteiger partial charge in [0, 0.05) is 17.9 Å². The van der Waals surface area contributed by atoms with Crippen molar-refractivity contribution in [3.63, 3.8) is 0 Å². The first-order chi connectivity index (χ1) is 19.1. The van der Waals surface area contributed by atoms with Gasteiger partial charge in [0.15, 0.2) is 12.1 Å². The SMILES string of the molecule is CC[C@H]1CCC[C@@H](O[C@H]2CC[C@H](N(C)C)[C@@H](C)O2)[C@@H](C)C(=O)C2=C[C@@H]3[C@@H](C=C(C)[C@@H]4C[C@@H](O)C[C@@H]34)[C@@H]2CC(=O)O1. The van der Waals surface area contributed by atoms with Gasteiger partial charge in [0.2, 0.25) is 0 Å². The van der Waals surface area contributed by atoms with E-state index in [1.165, 1.54) is 5.57 Å². The zero-order valence-corrected chi connectivity index (χ0v) is 25.4. The third kappa shape index (κ3) is 5.99. The molecule has 40 heavy (non-hydrogen) atoms. The molecule has 0 aromatic heterocycles. The Bertz CT molecular complexity index is 1000. The molecular weight excluding hydrogens is 506 g/mol. The van der Waals surface area contributed by atoms with Crippen LogP contribution in [0.15, 0.2) is 23.3 Å². The number of esters is 1. The first-order valence-corrected chi connectivity index (χ1v) is 15.9. The maximum Gasteiger partial charge on any atom is 0.306 e. The minimum absolute atomic E-state index is 0.0599. The Kier molecular flexibility index (Phi) is 9.25. The average Bonchev–Trinajstić information content (AvgIpc) is 3.46. The van der Waals surface area contributed by atoms with Gasteiger partial charge in [-0.2, -0.15) is 0 Å². The Morgan fingerprint density at radius 3 is 2.50 bits per heavy atom. The van der Waals surface area contributed by atoms with Crippen LogP contribution < -0.4 is 0 Å². The van der Waals surface area contributed by atoms with Crippen LogP contribution in [-0.2, 0) is 23.8 Å². The van der Waals surface area contributed by atoms with Crippen LogP contribution >= 0.6 is 0 Å². The van der Waals surface area contributed by atoms with E-state index in [9.17, 15) is 14.7 Å². The monoisotopic (exact) mass is 557 g/mol. The van der Waals surface area contributed by atoms with E-state index in [4.69, 9.17) is 14.2 Å². The second-order valence-corrected chi connectivity index (χ2v) is 13.6. The van der Waals surface area contributed by atoms with Gasteiger partial charge in [-0.3, -0.25) is 9.59 Å². The molecular formula is C33H51NO6. The number of nitrogens with zero attached hydrogens (tertiary/aromatic N) is 1. The van der Waals surface area contributed by atoms with E-state index in [2.05, 4.69) is 51.9 Å². The summed E-state index contributed by atoms with van der Waals surface area (Å²) in [6, 6.07) is 0.359. The fraction of sp³-hybridized carbons (Fsp3) is 0.818. The second-order valence-electron chi connectivity index (χ2n) is 13.6. The Morgan fingerprint density at radius 2 is 1.80 bits per heavy atom. The van der Waals surface area contributed by atoms with E-state index in [-0.39, 0.29) is 72.6 Å². The maximum atomic E-state index is 14.3. The largest absolute Gasteiger partial charge is 0.462 e. The van der Waals surface area contributed by atoms with Crippen LogP contribution in [0.1, 0.15) is 85.5 Å². The van der Waals surface area contributed by atoms with Crippen molar-refractivity contribution >= 4 is 11.8 Å². The Balaban J connectivity index is 1.41. The lowest BCUT2D eigenvalue weighted by Crippen LogP contribution is -2.47. The molecule has 7 heteroatoms. The van der Waals surface area contributed by atoms with Gasteiger partial charge < -0.3 is 24.2 Å². The highest BCUT2D eigenvalue weighted by atomic mass is 16.7. The van der Waals surface area contributed by atoms with Crippen molar-refractivity contribution in [2.24, 2.45) is 35.5 Å². The van der Waals surface area contributed by atoms with Gasteiger partial charge in [-0.1, -0.05) is 31.6 Å². The Morgan fingerprint density at radius 1 is 1.02 bits per heavy atom. The molecule has 0 aromatic carbocycles. The zero-order valence-electron chi connectivity index (χ0n) is 25.4. The minimum Gasteiger partial charge on any atom is -0.462 e. The van der Waals surface area contributed by atoms with Crippen LogP contribution in [0.3, 0.4) is 0 Å². The number of ketones is 1. The Labute approximate surface area is 240 Å². The summed E-state index contributed by atoms with van der Waals surface area (Å²) in [7, 11) is 4.18. The smallest absolute Gasteiger partial charge is 0.306 e. The molecule has 0 amide bonds. The van der Waals surface area contributed by atoms with Crippen molar-refractivity contribution in [3.05, 3.63) is 23.3 Å². The maximum absolute atomic E-state index is 14.3. The standard InChI is InChI=1S/C33H51NO6/c1-7-22-9-8-10-30(40-32-12-11-29(34(5)6)20(4)38-32)19(3)33(37)28-16-26-24(27(28)17-31(36)39-22)13-18(2)23-14-21(35)15-25(23)26/h13,16,19-27,29-30,32,35H,7-12,14-15,17H2,1-6H3/t19-,20-,21-,22+,23+,24-,25-,26-,27+,29+,30-,32+/m1/s1. The predicted molar refractivity (Wildman–Crippen MR) is 153 cm³/mol. The topological polar surface area (TPSA) is 85.3 Å². The molecule has 1 N–H and O–H groups in total. The zero-order chi connectivity index (χ0) is 28.7. The number of cyclic esters (lactones) is 1. The number of aliphatic hydroxyl groups excluding tert-OH is 1. The predicted octanol–water partition coefficient (Wildman–Crippen LogP) is 5.06. The molecule has 7 nitrogen and oxygen atoms in total. The van der Waals surface area contributed by atoms with Gasteiger partial charge in [-0.25, -0.2) is 0 Å². The highest BCUT2D eigenvalue weighted by Crippen LogP contribution is 2.55. The number of carbonyl (C=O) groups is 2. The highest BCUT2D eigenvalue weighted by Gasteiger charge is 2.51. The lowest BCUT2D eigenvalue weighted by atomic mass is 9.67. The van der Waals surface area contributed by atoms with Gasteiger partial charge >= 0.3 is 5.97 Å². The molecule has 0 spiro atoms. The summed E-state index contributed by atoms with van der Waals surface area (Å²) >= 11 is 0. The molecule has 0 aromatic rings. The van der Waals surface area contributed by atoms with E-state index in [1.807, 2.05) is 6.92 Å². The summed E-state index contributed by atoms with van der Waals surface area (Å²) in [5.74, 6) is 0.321. The highest BCUT2D eigenvalue weighted by molar-refractivity contribution is 5.99. The number of rotatable bonds is 4. The lowest BCUT2D eigenvalue weighted by molar-refractivity contribution is -0.231. The van der Waals surface area contributed by atoms with Gasteiger partial charge in [-0.15, -0.1) is 0 Å². The fourth-order valence-electron chi connectivity index (χ4n) is 8.57. The van der Waals surface area contributed by atoms with E-state index in [0.29, 0.717) is 17.9 Å². The van der Waals surface area contributed by atoms with Crippen LogP contribution in [0, 0.1) is 35.5 Å². The third-order valence-electron chi connectivity index (χ3n) is 10.8. The van der Waals surface area contributed by atoms with Crippen LogP contribution in [0.2, 0.25) is 0 Å². The van der Waals surface area contributed by atoms with Crippen molar-refractivity contribution in [2.75, 3.05) is 14.1 Å². The number of likely N-dealkylation sites (N-methyl/N-ethyl adjacent to an activating group) is 1. The van der Waals surface area contributed by atoms with E-state index in [1.54, 1.807) is 0 Å². The molecule has 3 fully saturated rings. The molecule has 3 aliphatic carbocycles. The summed E-state index contributed by atoms with van der Waals surface area (Å²) in [6.45, 7) is 8.34. The van der Waals surface area contributed by atoms with E-state index in [0.717, 1.165) is 56.9 Å². The van der Waals surface area contributed by atoms with Crippen LogP contribution in [0.5, 0.6) is 0 Å². The number of ether oxygens (including phenoxy) is 3. The van der Waals surface area contributed by atoms with Gasteiger partial charge in [0.05, 0.1) is 24.7 Å². The molecule has 0 bridgehead atoms. The quantitative estimate of drug-likeness (QED) is 0.382. The number of Topliss-reactive ketones (excluding diaryl/α,β-unsaturated/α-hetero) is 1. The molecule has 1 saturated carbocycles. The number of allylic oxidation sites excluding steroid dienone is 4. The van der Waals surface area contributed by atoms with Crippen molar-refractivity contribution < 1.29 is 28.9 Å². The van der Waals surface area contributed by atoms with Crippen molar-refractivity contribution in [1.29, 1.82) is 0 Å². The molecule has 5 rings (SSSR count). The molecule has 2 heterocycles. The number of hydrogen-bond acceptors (Lipinski definition) is 7.